The summed E-state index contributed by atoms with van der Waals surface area (Å²) in [6.07, 6.45) is 1.62. The Morgan fingerprint density at radius 1 is 1.53 bits per heavy atom. The van der Waals surface area contributed by atoms with E-state index in [1.54, 1.807) is 13.3 Å². The van der Waals surface area contributed by atoms with E-state index in [9.17, 15) is 0 Å². The maximum Gasteiger partial charge on any atom is 0.163 e. The first-order valence-corrected chi connectivity index (χ1v) is 5.54. The number of nitrogens with one attached hydrogen (secondary N) is 1. The third-order valence-electron chi connectivity index (χ3n) is 2.40. The van der Waals surface area contributed by atoms with Gasteiger partial charge in [0, 0.05) is 32.9 Å². The minimum atomic E-state index is 0.437. The second kappa shape index (κ2) is 7.60. The van der Waals surface area contributed by atoms with Crippen molar-refractivity contribution in [2.24, 2.45) is 0 Å². The van der Waals surface area contributed by atoms with Gasteiger partial charge in [0.2, 0.25) is 0 Å². The van der Waals surface area contributed by atoms with Gasteiger partial charge < -0.3 is 15.0 Å². The summed E-state index contributed by atoms with van der Waals surface area (Å²) in [5, 5.41) is 12.1. The minimum Gasteiger partial charge on any atom is -0.383 e. The van der Waals surface area contributed by atoms with E-state index in [2.05, 4.69) is 21.3 Å². The highest BCUT2D eigenvalue weighted by atomic mass is 16.5. The summed E-state index contributed by atoms with van der Waals surface area (Å²) in [4.78, 5) is 6.15. The molecule has 1 aromatic rings. The van der Waals surface area contributed by atoms with Crippen LogP contribution in [-0.2, 0) is 4.74 Å². The molecule has 1 rings (SSSR count). The molecule has 0 atom stereocenters. The summed E-state index contributed by atoms with van der Waals surface area (Å²) < 4.78 is 5.00. The number of hydrogen-bond acceptors (Lipinski definition) is 5. The van der Waals surface area contributed by atoms with Gasteiger partial charge in [-0.1, -0.05) is 0 Å². The molecule has 1 aromatic heterocycles. The lowest BCUT2D eigenvalue weighted by atomic mass is 10.3. The van der Waals surface area contributed by atoms with Crippen LogP contribution < -0.4 is 5.32 Å². The Balaban J connectivity index is 2.33. The topological polar surface area (TPSA) is 61.2 Å². The van der Waals surface area contributed by atoms with Crippen molar-refractivity contribution < 1.29 is 4.74 Å². The number of pyridine rings is 1. The normalized spacial score (nSPS) is 10.2. The third kappa shape index (κ3) is 4.81. The van der Waals surface area contributed by atoms with Crippen molar-refractivity contribution >= 4 is 5.69 Å². The smallest absolute Gasteiger partial charge is 0.163 e. The molecule has 0 amide bonds. The van der Waals surface area contributed by atoms with Gasteiger partial charge in [-0.05, 0) is 19.2 Å². The number of nitriles is 1. The number of likely N-dealkylation sites (N-methyl/N-ethyl adjacent to an activating group) is 1. The molecule has 0 aliphatic heterocycles. The fourth-order valence-electron chi connectivity index (χ4n) is 1.38. The van der Waals surface area contributed by atoms with Crippen LogP contribution in [0.15, 0.2) is 18.3 Å². The molecule has 0 radical (unpaired) electrons. The molecule has 1 heterocycles. The fourth-order valence-corrected chi connectivity index (χ4v) is 1.38. The summed E-state index contributed by atoms with van der Waals surface area (Å²) in [5.74, 6) is 0. The van der Waals surface area contributed by atoms with Crippen molar-refractivity contribution in [3.05, 3.63) is 24.0 Å². The number of rotatable bonds is 7. The molecule has 92 valence electrons. The quantitative estimate of drug-likeness (QED) is 0.761. The molecule has 0 aliphatic carbocycles. The first-order valence-electron chi connectivity index (χ1n) is 5.54. The molecule has 0 spiro atoms. The van der Waals surface area contributed by atoms with Gasteiger partial charge >= 0.3 is 0 Å². The van der Waals surface area contributed by atoms with E-state index in [-0.39, 0.29) is 0 Å². The minimum absolute atomic E-state index is 0.437. The average Bonchev–Trinajstić information content (AvgIpc) is 2.37. The van der Waals surface area contributed by atoms with Crippen LogP contribution in [-0.4, -0.2) is 50.3 Å². The van der Waals surface area contributed by atoms with Crippen LogP contribution in [0.25, 0.3) is 0 Å². The van der Waals surface area contributed by atoms with Crippen LogP contribution in [0.5, 0.6) is 0 Å². The van der Waals surface area contributed by atoms with Crippen LogP contribution in [0.3, 0.4) is 0 Å². The van der Waals surface area contributed by atoms with E-state index in [0.29, 0.717) is 5.69 Å². The van der Waals surface area contributed by atoms with E-state index in [1.807, 2.05) is 19.2 Å². The molecule has 1 N–H and O–H groups in total. The van der Waals surface area contributed by atoms with Crippen molar-refractivity contribution in [2.75, 3.05) is 45.7 Å². The number of methoxy groups -OCH3 is 1. The Bertz CT molecular complexity index is 375. The van der Waals surface area contributed by atoms with Gasteiger partial charge in [-0.3, -0.25) is 0 Å². The van der Waals surface area contributed by atoms with Crippen LogP contribution in [0.1, 0.15) is 5.69 Å². The second-order valence-electron chi connectivity index (χ2n) is 3.73. The highest BCUT2D eigenvalue weighted by Gasteiger charge is 2.02. The molecule has 0 bridgehead atoms. The standard InChI is InChI=1S/C12H18N4O/c1-16(8-9-17-2)7-6-15-11-4-3-5-14-12(11)10-13/h3-5,15H,6-9H2,1-2H3. The third-order valence-corrected chi connectivity index (χ3v) is 2.40. The van der Waals surface area contributed by atoms with Gasteiger partial charge in [0.1, 0.15) is 6.07 Å². The van der Waals surface area contributed by atoms with E-state index in [0.717, 1.165) is 31.9 Å². The Morgan fingerprint density at radius 3 is 3.06 bits per heavy atom. The monoisotopic (exact) mass is 234 g/mol. The maximum atomic E-state index is 8.86. The van der Waals surface area contributed by atoms with Crippen molar-refractivity contribution in [3.63, 3.8) is 0 Å². The van der Waals surface area contributed by atoms with E-state index < -0.39 is 0 Å². The highest BCUT2D eigenvalue weighted by Crippen LogP contribution is 2.09. The lowest BCUT2D eigenvalue weighted by Gasteiger charge is -2.16. The lowest BCUT2D eigenvalue weighted by molar-refractivity contribution is 0.163. The number of aromatic nitrogens is 1. The molecular weight excluding hydrogens is 216 g/mol. The predicted molar refractivity (Wildman–Crippen MR) is 66.8 cm³/mol. The maximum absolute atomic E-state index is 8.86. The van der Waals surface area contributed by atoms with E-state index in [4.69, 9.17) is 10.00 Å². The summed E-state index contributed by atoms with van der Waals surface area (Å²) >= 11 is 0. The number of hydrogen-bond donors (Lipinski definition) is 1. The zero-order chi connectivity index (χ0) is 12.5. The van der Waals surface area contributed by atoms with Gasteiger partial charge in [-0.15, -0.1) is 0 Å². The number of anilines is 1. The second-order valence-corrected chi connectivity index (χ2v) is 3.73. The Hall–Kier alpha value is -1.64. The zero-order valence-corrected chi connectivity index (χ0v) is 10.3. The lowest BCUT2D eigenvalue weighted by Crippen LogP contribution is -2.28. The van der Waals surface area contributed by atoms with Crippen LogP contribution in [0.4, 0.5) is 5.69 Å². The van der Waals surface area contributed by atoms with Gasteiger partial charge in [0.25, 0.3) is 0 Å². The molecule has 0 unspecified atom stereocenters. The van der Waals surface area contributed by atoms with Gasteiger partial charge in [-0.2, -0.15) is 5.26 Å². The molecule has 0 fully saturated rings. The molecule has 0 saturated heterocycles. The first-order chi connectivity index (χ1) is 8.27. The number of ether oxygens (including phenoxy) is 1. The Labute approximate surface area is 102 Å². The summed E-state index contributed by atoms with van der Waals surface area (Å²) in [6, 6.07) is 5.74. The van der Waals surface area contributed by atoms with Gasteiger partial charge in [0.05, 0.1) is 12.3 Å². The molecule has 0 aliphatic rings. The van der Waals surface area contributed by atoms with Crippen molar-refractivity contribution in [1.82, 2.24) is 9.88 Å². The van der Waals surface area contributed by atoms with Crippen LogP contribution in [0.2, 0.25) is 0 Å². The van der Waals surface area contributed by atoms with Gasteiger partial charge in [0.15, 0.2) is 5.69 Å². The van der Waals surface area contributed by atoms with Crippen molar-refractivity contribution in [3.8, 4) is 6.07 Å². The van der Waals surface area contributed by atoms with Crippen LogP contribution >= 0.6 is 0 Å². The average molecular weight is 234 g/mol. The highest BCUT2D eigenvalue weighted by molar-refractivity contribution is 5.53. The van der Waals surface area contributed by atoms with Crippen molar-refractivity contribution in [2.45, 2.75) is 0 Å². The van der Waals surface area contributed by atoms with E-state index >= 15 is 0 Å². The molecular formula is C12H18N4O. The fraction of sp³-hybridized carbons (Fsp3) is 0.500. The van der Waals surface area contributed by atoms with E-state index in [1.165, 1.54) is 0 Å². The van der Waals surface area contributed by atoms with Gasteiger partial charge in [-0.25, -0.2) is 4.98 Å². The summed E-state index contributed by atoms with van der Waals surface area (Å²) in [5.41, 5.74) is 1.22. The molecule has 5 heteroatoms. The van der Waals surface area contributed by atoms with Crippen molar-refractivity contribution in [1.29, 1.82) is 5.26 Å². The zero-order valence-electron chi connectivity index (χ0n) is 10.3. The molecule has 5 nitrogen and oxygen atoms in total. The molecule has 17 heavy (non-hydrogen) atoms. The predicted octanol–water partition coefficient (Wildman–Crippen LogP) is 0.943. The molecule has 0 saturated carbocycles. The van der Waals surface area contributed by atoms with Crippen LogP contribution in [0, 0.1) is 11.3 Å². The Morgan fingerprint density at radius 2 is 2.35 bits per heavy atom. The first kappa shape index (κ1) is 13.4. The SMILES string of the molecule is COCCN(C)CCNc1cccnc1C#N. The largest absolute Gasteiger partial charge is 0.383 e. The number of nitrogens with zero attached hydrogens (tertiary/aromatic N) is 3. The summed E-state index contributed by atoms with van der Waals surface area (Å²) in [7, 11) is 3.73. The summed E-state index contributed by atoms with van der Waals surface area (Å²) in [6.45, 7) is 3.30. The molecule has 0 aromatic carbocycles. The Kier molecular flexibility index (Phi) is 6.00.